The second kappa shape index (κ2) is 8.83. The number of benzene rings is 2. The molecule has 2 rings (SSSR count). The topological polar surface area (TPSA) is 125 Å². The van der Waals surface area contributed by atoms with Gasteiger partial charge >= 0.3 is 12.1 Å². The fraction of sp³-hybridized carbons (Fsp3) is 0.0588. The summed E-state index contributed by atoms with van der Waals surface area (Å²) in [6.07, 6.45) is 1.56. The SMILES string of the molecule is C=CCNC(=O)Nc1ccc(NC(=O)Nc2cccc([N+](=O)[O-])c2)cc1. The molecule has 0 radical (unpaired) electrons. The molecule has 4 N–H and O–H groups in total. The minimum absolute atomic E-state index is 0.118. The van der Waals surface area contributed by atoms with E-state index in [1.807, 2.05) is 0 Å². The highest BCUT2D eigenvalue weighted by Gasteiger charge is 2.08. The lowest BCUT2D eigenvalue weighted by Crippen LogP contribution is -2.28. The average Bonchev–Trinajstić information content (AvgIpc) is 2.61. The van der Waals surface area contributed by atoms with Crippen LogP contribution in [0, 0.1) is 10.1 Å². The molecule has 0 fully saturated rings. The van der Waals surface area contributed by atoms with Crippen LogP contribution in [-0.2, 0) is 0 Å². The molecule has 0 bridgehead atoms. The second-order valence-electron chi connectivity index (χ2n) is 5.09. The molecule has 2 aromatic rings. The van der Waals surface area contributed by atoms with Crippen molar-refractivity contribution in [3.05, 3.63) is 71.3 Å². The summed E-state index contributed by atoms with van der Waals surface area (Å²) in [6.45, 7) is 3.85. The number of carbonyl (C=O) groups excluding carboxylic acids is 2. The molecule has 2 aromatic carbocycles. The lowest BCUT2D eigenvalue weighted by Gasteiger charge is -2.09. The monoisotopic (exact) mass is 355 g/mol. The first-order valence-corrected chi connectivity index (χ1v) is 7.56. The molecule has 0 spiro atoms. The Labute approximate surface area is 149 Å². The zero-order valence-electron chi connectivity index (χ0n) is 13.7. The molecule has 0 heterocycles. The minimum atomic E-state index is -0.546. The first kappa shape index (κ1) is 18.5. The van der Waals surface area contributed by atoms with Crippen LogP contribution in [0.15, 0.2) is 61.2 Å². The number of nitro benzene ring substituents is 1. The Morgan fingerprint density at radius 3 is 2.12 bits per heavy atom. The number of anilines is 3. The van der Waals surface area contributed by atoms with Gasteiger partial charge in [0.1, 0.15) is 0 Å². The Morgan fingerprint density at radius 1 is 0.962 bits per heavy atom. The summed E-state index contributed by atoms with van der Waals surface area (Å²) >= 11 is 0. The highest BCUT2D eigenvalue weighted by molar-refractivity contribution is 6.00. The maximum Gasteiger partial charge on any atom is 0.323 e. The van der Waals surface area contributed by atoms with E-state index < -0.39 is 11.0 Å². The maximum atomic E-state index is 12.0. The highest BCUT2D eigenvalue weighted by Crippen LogP contribution is 2.18. The predicted molar refractivity (Wildman–Crippen MR) is 99.4 cm³/mol. The van der Waals surface area contributed by atoms with E-state index in [0.717, 1.165) is 0 Å². The Bertz CT molecular complexity index is 820. The smallest absolute Gasteiger partial charge is 0.323 e. The van der Waals surface area contributed by atoms with Crippen LogP contribution in [0.3, 0.4) is 0 Å². The van der Waals surface area contributed by atoms with Crippen molar-refractivity contribution in [3.63, 3.8) is 0 Å². The molecule has 0 saturated heterocycles. The second-order valence-corrected chi connectivity index (χ2v) is 5.09. The Kier molecular flexibility index (Phi) is 6.27. The van der Waals surface area contributed by atoms with Gasteiger partial charge in [-0.2, -0.15) is 0 Å². The van der Waals surface area contributed by atoms with Gasteiger partial charge in [0.05, 0.1) is 4.92 Å². The number of carbonyl (C=O) groups is 2. The maximum absolute atomic E-state index is 12.0. The molecule has 0 saturated carbocycles. The molecule has 9 heteroatoms. The average molecular weight is 355 g/mol. The number of non-ortho nitro benzene ring substituents is 1. The van der Waals surface area contributed by atoms with Crippen LogP contribution < -0.4 is 21.3 Å². The van der Waals surface area contributed by atoms with Crippen LogP contribution in [0.5, 0.6) is 0 Å². The third-order valence-electron chi connectivity index (χ3n) is 3.12. The molecule has 0 aliphatic carbocycles. The van der Waals surface area contributed by atoms with Gasteiger partial charge in [0.2, 0.25) is 0 Å². The fourth-order valence-corrected chi connectivity index (χ4v) is 1.97. The van der Waals surface area contributed by atoms with E-state index >= 15 is 0 Å². The molecule has 0 aliphatic heterocycles. The van der Waals surface area contributed by atoms with Gasteiger partial charge in [0.15, 0.2) is 0 Å². The number of hydrogen-bond acceptors (Lipinski definition) is 4. The van der Waals surface area contributed by atoms with Crippen LogP contribution in [0.4, 0.5) is 32.3 Å². The van der Waals surface area contributed by atoms with E-state index in [9.17, 15) is 19.7 Å². The van der Waals surface area contributed by atoms with Gasteiger partial charge in [0.25, 0.3) is 5.69 Å². The zero-order valence-corrected chi connectivity index (χ0v) is 13.7. The Morgan fingerprint density at radius 2 is 1.54 bits per heavy atom. The molecule has 134 valence electrons. The van der Waals surface area contributed by atoms with Gasteiger partial charge in [-0.05, 0) is 30.3 Å². The molecule has 0 atom stereocenters. The van der Waals surface area contributed by atoms with Gasteiger partial charge in [-0.1, -0.05) is 12.1 Å². The standard InChI is InChI=1S/C17H17N5O4/c1-2-10-18-16(23)19-12-6-8-13(9-7-12)20-17(24)21-14-4-3-5-15(11-14)22(25)26/h2-9,11H,1,10H2,(H2,18,19,23)(H2,20,21,24). The molecule has 26 heavy (non-hydrogen) atoms. The van der Waals surface area contributed by atoms with Crippen LogP contribution in [0.1, 0.15) is 0 Å². The number of hydrogen-bond donors (Lipinski definition) is 4. The Hall–Kier alpha value is -3.88. The van der Waals surface area contributed by atoms with E-state index in [0.29, 0.717) is 23.6 Å². The third kappa shape index (κ3) is 5.64. The third-order valence-corrected chi connectivity index (χ3v) is 3.12. The summed E-state index contributed by atoms with van der Waals surface area (Å²) in [5.41, 5.74) is 1.23. The van der Waals surface area contributed by atoms with Crippen molar-refractivity contribution in [2.45, 2.75) is 0 Å². The summed E-state index contributed by atoms with van der Waals surface area (Å²) in [7, 11) is 0. The van der Waals surface area contributed by atoms with Crippen LogP contribution in [0.25, 0.3) is 0 Å². The molecule has 0 aromatic heterocycles. The van der Waals surface area contributed by atoms with Crippen molar-refractivity contribution >= 4 is 34.8 Å². The Balaban J connectivity index is 1.91. The normalized spacial score (nSPS) is 9.69. The minimum Gasteiger partial charge on any atom is -0.334 e. The first-order chi connectivity index (χ1) is 12.5. The van der Waals surface area contributed by atoms with Crippen molar-refractivity contribution in [3.8, 4) is 0 Å². The summed E-state index contributed by atoms with van der Waals surface area (Å²) in [5.74, 6) is 0. The van der Waals surface area contributed by atoms with Gasteiger partial charge in [-0.15, -0.1) is 6.58 Å². The summed E-state index contributed by atoms with van der Waals surface area (Å²) in [5, 5.41) is 21.0. The van der Waals surface area contributed by atoms with Gasteiger partial charge in [-0.3, -0.25) is 10.1 Å². The van der Waals surface area contributed by atoms with Crippen molar-refractivity contribution in [2.75, 3.05) is 22.5 Å². The predicted octanol–water partition coefficient (Wildman–Crippen LogP) is 3.55. The number of nitrogens with zero attached hydrogens (tertiary/aromatic N) is 1. The van der Waals surface area contributed by atoms with Crippen LogP contribution >= 0.6 is 0 Å². The van der Waals surface area contributed by atoms with Gasteiger partial charge in [0, 0.05) is 35.7 Å². The zero-order chi connectivity index (χ0) is 18.9. The van der Waals surface area contributed by atoms with E-state index in [2.05, 4.69) is 27.8 Å². The fourth-order valence-electron chi connectivity index (χ4n) is 1.97. The molecule has 9 nitrogen and oxygen atoms in total. The first-order valence-electron chi connectivity index (χ1n) is 7.56. The van der Waals surface area contributed by atoms with E-state index in [4.69, 9.17) is 0 Å². The van der Waals surface area contributed by atoms with Crippen molar-refractivity contribution in [2.24, 2.45) is 0 Å². The molecular weight excluding hydrogens is 338 g/mol. The van der Waals surface area contributed by atoms with E-state index in [1.165, 1.54) is 18.2 Å². The number of amides is 4. The van der Waals surface area contributed by atoms with Gasteiger partial charge < -0.3 is 21.3 Å². The molecule has 4 amide bonds. The summed E-state index contributed by atoms with van der Waals surface area (Å²) in [4.78, 5) is 33.7. The van der Waals surface area contributed by atoms with Crippen LogP contribution in [0.2, 0.25) is 0 Å². The highest BCUT2D eigenvalue weighted by atomic mass is 16.6. The number of nitrogens with one attached hydrogen (secondary N) is 4. The van der Waals surface area contributed by atoms with Crippen molar-refractivity contribution < 1.29 is 14.5 Å². The van der Waals surface area contributed by atoms with E-state index in [-0.39, 0.29) is 11.7 Å². The lowest BCUT2D eigenvalue weighted by molar-refractivity contribution is -0.384. The lowest BCUT2D eigenvalue weighted by atomic mass is 10.2. The largest absolute Gasteiger partial charge is 0.334 e. The molecule has 0 aliphatic rings. The summed E-state index contributed by atoms with van der Waals surface area (Å²) in [6, 6.07) is 11.2. The number of rotatable bonds is 6. The van der Waals surface area contributed by atoms with Crippen molar-refractivity contribution in [1.82, 2.24) is 5.32 Å². The number of urea groups is 2. The van der Waals surface area contributed by atoms with Crippen LogP contribution in [-0.4, -0.2) is 23.5 Å². The van der Waals surface area contributed by atoms with Crippen molar-refractivity contribution in [1.29, 1.82) is 0 Å². The quantitative estimate of drug-likeness (QED) is 0.359. The van der Waals surface area contributed by atoms with E-state index in [1.54, 1.807) is 36.4 Å². The number of nitro groups is 1. The van der Waals surface area contributed by atoms with Gasteiger partial charge in [-0.25, -0.2) is 9.59 Å². The molecule has 0 unspecified atom stereocenters. The molecular formula is C17H17N5O4. The summed E-state index contributed by atoms with van der Waals surface area (Å²) < 4.78 is 0.